The summed E-state index contributed by atoms with van der Waals surface area (Å²) in [6, 6.07) is 6.19. The van der Waals surface area contributed by atoms with Crippen LogP contribution < -0.4 is 4.74 Å². The van der Waals surface area contributed by atoms with Crippen LogP contribution in [-0.2, 0) is 11.2 Å². The van der Waals surface area contributed by atoms with Gasteiger partial charge in [0.1, 0.15) is 5.75 Å². The Morgan fingerprint density at radius 3 is 2.52 bits per heavy atom. The SMILES string of the molecule is CC(C)CCC[C@@H](C)[C@H]1CC[C@H]2[C@@H]3CCC4CC(Oc5ccc(/C=C/C(=O)O)c(CCBr)c5)CC[C@]4(C)[C@H]3CC[C@]12C. The summed E-state index contributed by atoms with van der Waals surface area (Å²) in [6.45, 7) is 12.7. The second kappa shape index (κ2) is 13.4. The molecular formula is C38H57BrO3. The highest BCUT2D eigenvalue weighted by molar-refractivity contribution is 9.09. The van der Waals surface area contributed by atoms with Crippen molar-refractivity contribution in [2.45, 2.75) is 124 Å². The van der Waals surface area contributed by atoms with Gasteiger partial charge in [0.05, 0.1) is 6.10 Å². The van der Waals surface area contributed by atoms with Gasteiger partial charge in [-0.05, 0) is 146 Å². The van der Waals surface area contributed by atoms with Gasteiger partial charge >= 0.3 is 5.97 Å². The largest absolute Gasteiger partial charge is 0.490 e. The van der Waals surface area contributed by atoms with Crippen molar-refractivity contribution in [3.8, 4) is 5.75 Å². The van der Waals surface area contributed by atoms with E-state index in [4.69, 9.17) is 9.84 Å². The first-order chi connectivity index (χ1) is 20.0. The van der Waals surface area contributed by atoms with E-state index in [1.807, 2.05) is 12.1 Å². The second-order valence-electron chi connectivity index (χ2n) is 15.7. The number of halogens is 1. The maximum absolute atomic E-state index is 11.0. The van der Waals surface area contributed by atoms with E-state index in [2.05, 4.69) is 56.6 Å². The number of hydrogen-bond acceptors (Lipinski definition) is 2. The number of benzene rings is 1. The van der Waals surface area contributed by atoms with Crippen molar-refractivity contribution >= 4 is 28.0 Å². The maximum Gasteiger partial charge on any atom is 0.328 e. The van der Waals surface area contributed by atoms with Crippen LogP contribution in [0.4, 0.5) is 0 Å². The first-order valence-corrected chi connectivity index (χ1v) is 18.4. The molecule has 0 saturated heterocycles. The van der Waals surface area contributed by atoms with Crippen molar-refractivity contribution in [3.05, 3.63) is 35.4 Å². The number of ether oxygens (including phenoxy) is 1. The molecular weight excluding hydrogens is 584 g/mol. The van der Waals surface area contributed by atoms with Crippen molar-refractivity contribution in [1.82, 2.24) is 0 Å². The van der Waals surface area contributed by atoms with Crippen LogP contribution in [0.1, 0.15) is 123 Å². The molecule has 2 unspecified atom stereocenters. The summed E-state index contributed by atoms with van der Waals surface area (Å²) in [5.74, 6) is 6.23. The predicted octanol–water partition coefficient (Wildman–Crippen LogP) is 10.6. The molecule has 4 aliphatic carbocycles. The van der Waals surface area contributed by atoms with E-state index in [9.17, 15) is 4.79 Å². The van der Waals surface area contributed by atoms with E-state index in [1.54, 1.807) is 6.08 Å². The molecule has 0 aromatic heterocycles. The van der Waals surface area contributed by atoms with Gasteiger partial charge < -0.3 is 9.84 Å². The number of carboxylic acids is 1. The topological polar surface area (TPSA) is 46.5 Å². The van der Waals surface area contributed by atoms with Crippen LogP contribution >= 0.6 is 15.9 Å². The number of alkyl halides is 1. The fraction of sp³-hybridized carbons (Fsp3) is 0.763. The molecule has 0 radical (unpaired) electrons. The lowest BCUT2D eigenvalue weighted by Crippen LogP contribution is -2.54. The van der Waals surface area contributed by atoms with E-state index >= 15 is 0 Å². The minimum atomic E-state index is -0.915. The van der Waals surface area contributed by atoms with Crippen molar-refractivity contribution < 1.29 is 14.6 Å². The predicted molar refractivity (Wildman–Crippen MR) is 178 cm³/mol. The van der Waals surface area contributed by atoms with E-state index in [1.165, 1.54) is 76.7 Å². The lowest BCUT2D eigenvalue weighted by molar-refractivity contribution is -0.131. The van der Waals surface area contributed by atoms with E-state index in [0.717, 1.165) is 76.5 Å². The lowest BCUT2D eigenvalue weighted by atomic mass is 9.44. The summed E-state index contributed by atoms with van der Waals surface area (Å²) >= 11 is 3.56. The van der Waals surface area contributed by atoms with Gasteiger partial charge in [0.25, 0.3) is 0 Å². The monoisotopic (exact) mass is 640 g/mol. The molecule has 5 rings (SSSR count). The first-order valence-electron chi connectivity index (χ1n) is 17.3. The smallest absolute Gasteiger partial charge is 0.328 e. The van der Waals surface area contributed by atoms with Crippen LogP contribution in [0, 0.1) is 52.3 Å². The molecule has 234 valence electrons. The Labute approximate surface area is 264 Å². The third-order valence-electron chi connectivity index (χ3n) is 13.0. The summed E-state index contributed by atoms with van der Waals surface area (Å²) in [4.78, 5) is 11.0. The lowest BCUT2D eigenvalue weighted by Gasteiger charge is -2.61. The molecule has 4 saturated carbocycles. The average Bonchev–Trinajstić information content (AvgIpc) is 3.30. The van der Waals surface area contributed by atoms with Gasteiger partial charge in [-0.2, -0.15) is 0 Å². The zero-order valence-corrected chi connectivity index (χ0v) is 28.6. The number of carboxylic acid groups (broad SMARTS) is 1. The molecule has 0 aliphatic heterocycles. The van der Waals surface area contributed by atoms with Gasteiger partial charge in [0, 0.05) is 11.4 Å². The third kappa shape index (κ3) is 6.54. The van der Waals surface area contributed by atoms with Gasteiger partial charge in [-0.1, -0.05) is 75.9 Å². The van der Waals surface area contributed by atoms with Gasteiger partial charge in [0.15, 0.2) is 0 Å². The molecule has 1 N–H and O–H groups in total. The highest BCUT2D eigenvalue weighted by Gasteiger charge is 2.60. The minimum absolute atomic E-state index is 0.285. The van der Waals surface area contributed by atoms with Crippen LogP contribution in [0.2, 0.25) is 0 Å². The molecule has 9 atom stereocenters. The summed E-state index contributed by atoms with van der Waals surface area (Å²) in [7, 11) is 0. The summed E-state index contributed by atoms with van der Waals surface area (Å²) in [5, 5.41) is 9.91. The number of aliphatic carboxylic acids is 1. The highest BCUT2D eigenvalue weighted by atomic mass is 79.9. The molecule has 0 spiro atoms. The Balaban J connectivity index is 1.22. The van der Waals surface area contributed by atoms with Crippen LogP contribution in [0.15, 0.2) is 24.3 Å². The Morgan fingerprint density at radius 2 is 1.79 bits per heavy atom. The number of carbonyl (C=O) groups is 1. The van der Waals surface area contributed by atoms with Crippen LogP contribution in [0.25, 0.3) is 6.08 Å². The molecule has 3 nitrogen and oxygen atoms in total. The van der Waals surface area contributed by atoms with E-state index < -0.39 is 5.97 Å². The molecule has 0 amide bonds. The minimum Gasteiger partial charge on any atom is -0.490 e. The van der Waals surface area contributed by atoms with Crippen molar-refractivity contribution in [1.29, 1.82) is 0 Å². The molecule has 4 heteroatoms. The average molecular weight is 642 g/mol. The number of aryl methyl sites for hydroxylation is 1. The van der Waals surface area contributed by atoms with Crippen molar-refractivity contribution in [2.24, 2.45) is 52.3 Å². The standard InChI is InChI=1S/C38H57BrO3/c1-25(2)7-6-8-26(3)33-14-15-34-32-13-11-29-24-31(17-20-37(29,4)35(32)18-21-38(33,34)5)42-30-12-9-27(10-16-36(40)41)28(23-30)19-22-39/h9-10,12,16,23,25-26,29,31-35H,6-8,11,13-15,17-22,24H2,1-5H3,(H,40,41)/b16-10+/t26-,29?,31?,32+,33-,34+,35+,37+,38-/m1/s1. The third-order valence-corrected chi connectivity index (χ3v) is 13.4. The van der Waals surface area contributed by atoms with Gasteiger partial charge in [-0.3, -0.25) is 0 Å². The molecule has 1 aromatic rings. The molecule has 0 heterocycles. The van der Waals surface area contributed by atoms with Crippen molar-refractivity contribution in [2.75, 3.05) is 5.33 Å². The fourth-order valence-corrected chi connectivity index (χ4v) is 11.3. The number of rotatable bonds is 11. The molecule has 0 bridgehead atoms. The maximum atomic E-state index is 11.0. The quantitative estimate of drug-likeness (QED) is 0.193. The molecule has 4 fully saturated rings. The van der Waals surface area contributed by atoms with Gasteiger partial charge in [-0.15, -0.1) is 0 Å². The van der Waals surface area contributed by atoms with E-state index in [0.29, 0.717) is 10.8 Å². The summed E-state index contributed by atoms with van der Waals surface area (Å²) < 4.78 is 6.67. The highest BCUT2D eigenvalue weighted by Crippen LogP contribution is 2.68. The Bertz CT molecular complexity index is 1110. The van der Waals surface area contributed by atoms with Crippen LogP contribution in [0.3, 0.4) is 0 Å². The Morgan fingerprint density at radius 1 is 1.02 bits per heavy atom. The molecule has 42 heavy (non-hydrogen) atoms. The Hall–Kier alpha value is -1.29. The summed E-state index contributed by atoms with van der Waals surface area (Å²) in [6.07, 6.45) is 20.6. The molecule has 4 aliphatic rings. The normalized spacial score (nSPS) is 36.8. The summed E-state index contributed by atoms with van der Waals surface area (Å²) in [5.41, 5.74) is 3.14. The van der Waals surface area contributed by atoms with Crippen molar-refractivity contribution in [3.63, 3.8) is 0 Å². The number of fused-ring (bicyclic) bond motifs is 5. The Kier molecular flexibility index (Phi) is 10.2. The van der Waals surface area contributed by atoms with Gasteiger partial charge in [-0.25, -0.2) is 4.79 Å². The van der Waals surface area contributed by atoms with E-state index in [-0.39, 0.29) is 6.10 Å². The van der Waals surface area contributed by atoms with Crippen LogP contribution in [0.5, 0.6) is 5.75 Å². The zero-order valence-electron chi connectivity index (χ0n) is 27.0. The van der Waals surface area contributed by atoms with Gasteiger partial charge in [0.2, 0.25) is 0 Å². The second-order valence-corrected chi connectivity index (χ2v) is 16.5. The molecule has 1 aromatic carbocycles. The fourth-order valence-electron chi connectivity index (χ4n) is 10.8. The number of hydrogen-bond donors (Lipinski definition) is 1. The van der Waals surface area contributed by atoms with Crippen LogP contribution in [-0.4, -0.2) is 22.5 Å². The first kappa shape index (κ1) is 32.1. The zero-order chi connectivity index (χ0) is 30.1.